The molecule has 5 nitrogen and oxygen atoms in total. The van der Waals surface area contributed by atoms with Gasteiger partial charge in [0.25, 0.3) is 0 Å². The van der Waals surface area contributed by atoms with Gasteiger partial charge in [-0.05, 0) is 42.5 Å². The fraction of sp³-hybridized carbons (Fsp3) is 0.200. The van der Waals surface area contributed by atoms with Gasteiger partial charge in [0.15, 0.2) is 9.84 Å². The maximum absolute atomic E-state index is 11.5. The molecule has 0 unspecified atom stereocenters. The van der Waals surface area contributed by atoms with Crippen molar-refractivity contribution in [3.8, 4) is 0 Å². The molecule has 2 aromatic rings. The Balaban J connectivity index is 2.21. The molecular formula is C15H17N3O2S. The van der Waals surface area contributed by atoms with Crippen LogP contribution in [0, 0.1) is 0 Å². The van der Waals surface area contributed by atoms with E-state index in [9.17, 15) is 8.42 Å². The van der Waals surface area contributed by atoms with Gasteiger partial charge in [0.2, 0.25) is 0 Å². The highest BCUT2D eigenvalue weighted by molar-refractivity contribution is 7.90. The highest BCUT2D eigenvalue weighted by Crippen LogP contribution is 2.23. The zero-order valence-corrected chi connectivity index (χ0v) is 13.0. The van der Waals surface area contributed by atoms with Crippen molar-refractivity contribution >= 4 is 26.9 Å². The van der Waals surface area contributed by atoms with Gasteiger partial charge in [-0.25, -0.2) is 8.42 Å². The van der Waals surface area contributed by atoms with Crippen molar-refractivity contribution in [3.63, 3.8) is 0 Å². The lowest BCUT2D eigenvalue weighted by Crippen LogP contribution is -2.07. The first kappa shape index (κ1) is 15.2. The Kier molecular flexibility index (Phi) is 4.37. The van der Waals surface area contributed by atoms with Crippen molar-refractivity contribution in [2.24, 2.45) is 10.2 Å². The van der Waals surface area contributed by atoms with Crippen LogP contribution >= 0.6 is 0 Å². The molecule has 2 aromatic carbocycles. The molecule has 0 saturated heterocycles. The summed E-state index contributed by atoms with van der Waals surface area (Å²) in [6.07, 6.45) is 1.17. The molecule has 0 atom stereocenters. The predicted octanol–water partition coefficient (Wildman–Crippen LogP) is 3.57. The third-order valence-electron chi connectivity index (χ3n) is 2.89. The van der Waals surface area contributed by atoms with Crippen molar-refractivity contribution in [2.75, 3.05) is 25.3 Å². The zero-order valence-electron chi connectivity index (χ0n) is 12.2. The van der Waals surface area contributed by atoms with Crippen LogP contribution in [-0.4, -0.2) is 28.8 Å². The van der Waals surface area contributed by atoms with Crippen LogP contribution in [0.15, 0.2) is 63.7 Å². The number of azo groups is 1. The molecule has 0 aliphatic heterocycles. The molecule has 0 aromatic heterocycles. The van der Waals surface area contributed by atoms with Gasteiger partial charge in [0.1, 0.15) is 0 Å². The van der Waals surface area contributed by atoms with Crippen LogP contribution in [0.4, 0.5) is 17.1 Å². The summed E-state index contributed by atoms with van der Waals surface area (Å²) >= 11 is 0. The van der Waals surface area contributed by atoms with Gasteiger partial charge >= 0.3 is 0 Å². The third-order valence-corrected chi connectivity index (χ3v) is 4.00. The van der Waals surface area contributed by atoms with Gasteiger partial charge < -0.3 is 4.90 Å². The minimum Gasteiger partial charge on any atom is -0.378 e. The molecule has 110 valence electrons. The van der Waals surface area contributed by atoms with Crippen molar-refractivity contribution in [1.82, 2.24) is 0 Å². The second-order valence-corrected chi connectivity index (χ2v) is 6.90. The van der Waals surface area contributed by atoms with E-state index in [1.54, 1.807) is 18.2 Å². The van der Waals surface area contributed by atoms with Crippen LogP contribution in [0.25, 0.3) is 0 Å². The molecule has 0 fully saturated rings. The molecule has 0 heterocycles. The maximum Gasteiger partial charge on any atom is 0.175 e. The molecule has 0 spiro atoms. The number of hydrogen-bond donors (Lipinski definition) is 0. The van der Waals surface area contributed by atoms with Crippen LogP contribution in [-0.2, 0) is 9.84 Å². The largest absolute Gasteiger partial charge is 0.378 e. The van der Waals surface area contributed by atoms with E-state index in [2.05, 4.69) is 10.2 Å². The molecule has 0 aliphatic carbocycles. The molecule has 0 N–H and O–H groups in total. The number of sulfone groups is 1. The van der Waals surface area contributed by atoms with Crippen molar-refractivity contribution < 1.29 is 8.42 Å². The Bertz CT molecular complexity index is 751. The van der Waals surface area contributed by atoms with Crippen LogP contribution < -0.4 is 4.90 Å². The summed E-state index contributed by atoms with van der Waals surface area (Å²) in [5.41, 5.74) is 2.30. The molecule has 0 saturated carbocycles. The van der Waals surface area contributed by atoms with E-state index in [1.165, 1.54) is 12.3 Å². The van der Waals surface area contributed by atoms with Crippen LogP contribution in [0.2, 0.25) is 0 Å². The van der Waals surface area contributed by atoms with E-state index in [4.69, 9.17) is 0 Å². The van der Waals surface area contributed by atoms with Crippen molar-refractivity contribution in [3.05, 3.63) is 48.5 Å². The Morgan fingerprint density at radius 2 is 1.52 bits per heavy atom. The molecule has 0 aliphatic rings. The molecule has 0 amide bonds. The average Bonchev–Trinajstić information content (AvgIpc) is 2.45. The van der Waals surface area contributed by atoms with E-state index in [0.717, 1.165) is 5.69 Å². The lowest BCUT2D eigenvalue weighted by atomic mass is 10.3. The van der Waals surface area contributed by atoms with Gasteiger partial charge in [-0.2, -0.15) is 10.2 Å². The zero-order chi connectivity index (χ0) is 15.5. The lowest BCUT2D eigenvalue weighted by Gasteiger charge is -2.11. The highest BCUT2D eigenvalue weighted by atomic mass is 32.2. The number of anilines is 1. The quantitative estimate of drug-likeness (QED) is 0.811. The fourth-order valence-electron chi connectivity index (χ4n) is 1.71. The Hall–Kier alpha value is -2.21. The van der Waals surface area contributed by atoms with E-state index < -0.39 is 9.84 Å². The summed E-state index contributed by atoms with van der Waals surface area (Å²) in [6.45, 7) is 0. The van der Waals surface area contributed by atoms with Gasteiger partial charge in [0, 0.05) is 26.0 Å². The van der Waals surface area contributed by atoms with Crippen LogP contribution in [0.5, 0.6) is 0 Å². The molecular weight excluding hydrogens is 286 g/mol. The summed E-state index contributed by atoms with van der Waals surface area (Å²) < 4.78 is 23.0. The first-order chi connectivity index (χ1) is 9.86. The second-order valence-electron chi connectivity index (χ2n) is 4.88. The number of benzene rings is 2. The predicted molar refractivity (Wildman–Crippen MR) is 84.5 cm³/mol. The van der Waals surface area contributed by atoms with Gasteiger partial charge in [-0.3, -0.25) is 0 Å². The molecule has 2 rings (SSSR count). The lowest BCUT2D eigenvalue weighted by molar-refractivity contribution is 0.602. The summed E-state index contributed by atoms with van der Waals surface area (Å²) in [5, 5.41) is 8.18. The second kappa shape index (κ2) is 6.05. The van der Waals surface area contributed by atoms with E-state index in [-0.39, 0.29) is 4.90 Å². The van der Waals surface area contributed by atoms with E-state index in [1.807, 2.05) is 43.3 Å². The SMILES string of the molecule is CN(C)c1ccc(/N=N/c2cccc(S(C)(=O)=O)c2)cc1. The molecule has 6 heteroatoms. The van der Waals surface area contributed by atoms with Crippen molar-refractivity contribution in [2.45, 2.75) is 4.90 Å². The fourth-order valence-corrected chi connectivity index (χ4v) is 2.37. The molecule has 0 bridgehead atoms. The number of rotatable bonds is 4. The normalized spacial score (nSPS) is 11.8. The highest BCUT2D eigenvalue weighted by Gasteiger charge is 2.06. The molecule has 21 heavy (non-hydrogen) atoms. The van der Waals surface area contributed by atoms with Crippen molar-refractivity contribution in [1.29, 1.82) is 0 Å². The summed E-state index contributed by atoms with van der Waals surface area (Å²) in [6, 6.07) is 14.0. The van der Waals surface area contributed by atoms with E-state index in [0.29, 0.717) is 11.4 Å². The standard InChI is InChI=1S/C15H17N3O2S/c1-18(2)14-9-7-12(8-10-14)16-17-13-5-4-6-15(11-13)21(3,19)20/h4-11H,1-3H3/b17-16+. The summed E-state index contributed by atoms with van der Waals surface area (Å²) in [5.74, 6) is 0. The van der Waals surface area contributed by atoms with Gasteiger partial charge in [-0.15, -0.1) is 0 Å². The topological polar surface area (TPSA) is 62.1 Å². The Morgan fingerprint density at radius 3 is 2.10 bits per heavy atom. The first-order valence-electron chi connectivity index (χ1n) is 6.35. The molecule has 0 radical (unpaired) electrons. The summed E-state index contributed by atoms with van der Waals surface area (Å²) in [4.78, 5) is 2.23. The van der Waals surface area contributed by atoms with Gasteiger partial charge in [-0.1, -0.05) is 6.07 Å². The summed E-state index contributed by atoms with van der Waals surface area (Å²) in [7, 11) is 0.700. The number of nitrogens with zero attached hydrogens (tertiary/aromatic N) is 3. The van der Waals surface area contributed by atoms with Gasteiger partial charge in [0.05, 0.1) is 16.3 Å². The average molecular weight is 303 g/mol. The Morgan fingerprint density at radius 1 is 0.905 bits per heavy atom. The third kappa shape index (κ3) is 4.13. The smallest absolute Gasteiger partial charge is 0.175 e. The maximum atomic E-state index is 11.5. The van der Waals surface area contributed by atoms with Crippen LogP contribution in [0.3, 0.4) is 0 Å². The number of hydrogen-bond acceptors (Lipinski definition) is 5. The van der Waals surface area contributed by atoms with E-state index >= 15 is 0 Å². The minimum atomic E-state index is -3.23. The van der Waals surface area contributed by atoms with Crippen LogP contribution in [0.1, 0.15) is 0 Å². The first-order valence-corrected chi connectivity index (χ1v) is 8.25. The Labute approximate surface area is 124 Å². The minimum absolute atomic E-state index is 0.238. The monoisotopic (exact) mass is 303 g/mol.